The van der Waals surface area contributed by atoms with Crippen LogP contribution in [0.4, 0.5) is 0 Å². The summed E-state index contributed by atoms with van der Waals surface area (Å²) >= 11 is 0. The van der Waals surface area contributed by atoms with E-state index in [4.69, 9.17) is 5.73 Å². The maximum absolute atomic E-state index is 12.2. The highest BCUT2D eigenvalue weighted by molar-refractivity contribution is 5.94. The van der Waals surface area contributed by atoms with Gasteiger partial charge in [0.2, 0.25) is 0 Å². The molecule has 1 aromatic carbocycles. The smallest absolute Gasteiger partial charge is 0.251 e. The first-order valence-electron chi connectivity index (χ1n) is 7.20. The summed E-state index contributed by atoms with van der Waals surface area (Å²) in [7, 11) is 0. The van der Waals surface area contributed by atoms with Crippen LogP contribution in [0.2, 0.25) is 0 Å². The lowest BCUT2D eigenvalue weighted by molar-refractivity contribution is 0.0934. The van der Waals surface area contributed by atoms with E-state index in [9.17, 15) is 4.79 Å². The molecule has 0 unspecified atom stereocenters. The Kier molecular flexibility index (Phi) is 4.81. The van der Waals surface area contributed by atoms with Gasteiger partial charge in [0.05, 0.1) is 6.54 Å². The Morgan fingerprint density at radius 2 is 2.15 bits per heavy atom. The van der Waals surface area contributed by atoms with Crippen LogP contribution in [0.1, 0.15) is 48.5 Å². The van der Waals surface area contributed by atoms with E-state index < -0.39 is 0 Å². The zero-order valence-corrected chi connectivity index (χ0v) is 12.0. The van der Waals surface area contributed by atoms with Crippen molar-refractivity contribution in [3.63, 3.8) is 0 Å². The van der Waals surface area contributed by atoms with Crippen LogP contribution in [-0.4, -0.2) is 19.0 Å². The number of hydrogen-bond donors (Lipinski definition) is 2. The summed E-state index contributed by atoms with van der Waals surface area (Å²) in [6, 6.07) is 7.37. The van der Waals surface area contributed by atoms with Crippen molar-refractivity contribution in [3.8, 4) is 11.8 Å². The first kappa shape index (κ1) is 14.6. The molecule has 0 aliphatic heterocycles. The molecule has 3 nitrogen and oxygen atoms in total. The largest absolute Gasteiger partial charge is 0.351 e. The summed E-state index contributed by atoms with van der Waals surface area (Å²) in [6.45, 7) is 3.34. The number of carbonyl (C=O) groups excluding carboxylic acids is 1. The highest BCUT2D eigenvalue weighted by atomic mass is 16.1. The lowest BCUT2D eigenvalue weighted by Gasteiger charge is -2.23. The highest BCUT2D eigenvalue weighted by Crippen LogP contribution is 2.36. The van der Waals surface area contributed by atoms with Crippen LogP contribution in [0.3, 0.4) is 0 Å². The van der Waals surface area contributed by atoms with Crippen molar-refractivity contribution < 1.29 is 4.79 Å². The van der Waals surface area contributed by atoms with Crippen molar-refractivity contribution in [2.75, 3.05) is 13.1 Å². The van der Waals surface area contributed by atoms with Gasteiger partial charge in [-0.05, 0) is 36.5 Å². The number of carbonyl (C=O) groups is 1. The van der Waals surface area contributed by atoms with Crippen LogP contribution in [0.5, 0.6) is 0 Å². The van der Waals surface area contributed by atoms with Crippen LogP contribution in [0.15, 0.2) is 24.3 Å². The third-order valence-corrected chi connectivity index (χ3v) is 3.95. The fourth-order valence-electron chi connectivity index (χ4n) is 2.69. The fraction of sp³-hybridized carbons (Fsp3) is 0.471. The normalized spacial score (nSPS) is 16.3. The predicted octanol–water partition coefficient (Wildman–Crippen LogP) is 2.31. The molecule has 20 heavy (non-hydrogen) atoms. The molecule has 0 radical (unpaired) electrons. The topological polar surface area (TPSA) is 55.1 Å². The molecule has 0 aromatic heterocycles. The number of nitrogens with one attached hydrogen (secondary N) is 1. The molecule has 106 valence electrons. The number of amides is 1. The van der Waals surface area contributed by atoms with E-state index in [1.54, 1.807) is 0 Å². The van der Waals surface area contributed by atoms with E-state index in [0.717, 1.165) is 12.1 Å². The van der Waals surface area contributed by atoms with E-state index in [2.05, 4.69) is 24.1 Å². The first-order chi connectivity index (χ1) is 9.63. The van der Waals surface area contributed by atoms with Gasteiger partial charge in [-0.25, -0.2) is 0 Å². The first-order valence-corrected chi connectivity index (χ1v) is 7.20. The summed E-state index contributed by atoms with van der Waals surface area (Å²) in [5, 5.41) is 3.05. The quantitative estimate of drug-likeness (QED) is 0.828. The molecule has 1 saturated carbocycles. The Balaban J connectivity index is 1.98. The lowest BCUT2D eigenvalue weighted by Crippen LogP contribution is -2.34. The van der Waals surface area contributed by atoms with Gasteiger partial charge >= 0.3 is 0 Å². The van der Waals surface area contributed by atoms with Crippen molar-refractivity contribution in [2.45, 2.75) is 32.6 Å². The zero-order chi connectivity index (χ0) is 14.4. The van der Waals surface area contributed by atoms with Gasteiger partial charge in [-0.2, -0.15) is 0 Å². The highest BCUT2D eigenvalue weighted by Gasteiger charge is 2.28. The maximum Gasteiger partial charge on any atom is 0.251 e. The van der Waals surface area contributed by atoms with E-state index in [1.807, 2.05) is 24.3 Å². The van der Waals surface area contributed by atoms with E-state index >= 15 is 0 Å². The molecule has 0 saturated heterocycles. The summed E-state index contributed by atoms with van der Waals surface area (Å²) in [6.07, 6.45) is 4.96. The summed E-state index contributed by atoms with van der Waals surface area (Å²) in [5.74, 6) is 5.73. The molecule has 2 rings (SSSR count). The van der Waals surface area contributed by atoms with Crippen molar-refractivity contribution in [3.05, 3.63) is 35.4 Å². The lowest BCUT2D eigenvalue weighted by atomic mass is 9.89. The molecule has 3 N–H and O–H groups in total. The average molecular weight is 270 g/mol. The van der Waals surface area contributed by atoms with Gasteiger partial charge in [0.15, 0.2) is 0 Å². The Hall–Kier alpha value is -1.79. The Bertz CT molecular complexity index is 533. The van der Waals surface area contributed by atoms with Gasteiger partial charge in [-0.3, -0.25) is 4.79 Å². The molecular weight excluding hydrogens is 248 g/mol. The minimum atomic E-state index is -0.0190. The fourth-order valence-corrected chi connectivity index (χ4v) is 2.69. The minimum Gasteiger partial charge on any atom is -0.351 e. The van der Waals surface area contributed by atoms with Crippen LogP contribution in [-0.2, 0) is 0 Å². The Morgan fingerprint density at radius 1 is 1.40 bits per heavy atom. The van der Waals surface area contributed by atoms with E-state index in [1.165, 1.54) is 25.7 Å². The predicted molar refractivity (Wildman–Crippen MR) is 81.3 cm³/mol. The summed E-state index contributed by atoms with van der Waals surface area (Å²) in [5.41, 5.74) is 7.12. The van der Waals surface area contributed by atoms with E-state index in [-0.39, 0.29) is 11.3 Å². The van der Waals surface area contributed by atoms with Crippen LogP contribution >= 0.6 is 0 Å². The maximum atomic E-state index is 12.2. The summed E-state index contributed by atoms with van der Waals surface area (Å²) in [4.78, 5) is 12.2. The number of nitrogens with two attached hydrogens (primary N) is 1. The molecule has 1 aromatic rings. The SMILES string of the molecule is CC1(CNC(=O)c2cccc(C#CCN)c2)CCCC1. The third-order valence-electron chi connectivity index (χ3n) is 3.95. The van der Waals surface area contributed by atoms with Gasteiger partial charge in [-0.15, -0.1) is 0 Å². The molecule has 0 bridgehead atoms. The second-order valence-electron chi connectivity index (χ2n) is 5.79. The number of hydrogen-bond acceptors (Lipinski definition) is 2. The molecule has 1 fully saturated rings. The van der Waals surface area contributed by atoms with Crippen molar-refractivity contribution >= 4 is 5.91 Å². The molecule has 1 amide bonds. The average Bonchev–Trinajstić information content (AvgIpc) is 2.90. The van der Waals surface area contributed by atoms with Crippen molar-refractivity contribution in [2.24, 2.45) is 11.1 Å². The monoisotopic (exact) mass is 270 g/mol. The van der Waals surface area contributed by atoms with Crippen LogP contribution < -0.4 is 11.1 Å². The van der Waals surface area contributed by atoms with Gasteiger partial charge in [-0.1, -0.05) is 37.7 Å². The van der Waals surface area contributed by atoms with E-state index in [0.29, 0.717) is 12.1 Å². The molecule has 3 heteroatoms. The van der Waals surface area contributed by atoms with Crippen molar-refractivity contribution in [1.82, 2.24) is 5.32 Å². The number of benzene rings is 1. The third kappa shape index (κ3) is 3.85. The molecule has 0 atom stereocenters. The molecular formula is C17H22N2O. The molecule has 0 spiro atoms. The Morgan fingerprint density at radius 3 is 2.85 bits per heavy atom. The minimum absolute atomic E-state index is 0.0190. The standard InChI is InChI=1S/C17H22N2O/c1-17(9-2-3-10-17)13-19-16(20)15-8-4-6-14(12-15)7-5-11-18/h4,6,8,12H,2-3,9-11,13,18H2,1H3,(H,19,20). The molecule has 1 aliphatic rings. The van der Waals surface area contributed by atoms with Gasteiger partial charge in [0.1, 0.15) is 0 Å². The van der Waals surface area contributed by atoms with Crippen LogP contribution in [0, 0.1) is 17.3 Å². The number of rotatable bonds is 3. The van der Waals surface area contributed by atoms with Gasteiger partial charge in [0, 0.05) is 17.7 Å². The van der Waals surface area contributed by atoms with Crippen molar-refractivity contribution in [1.29, 1.82) is 0 Å². The molecule has 1 aliphatic carbocycles. The Labute approximate surface area is 120 Å². The van der Waals surface area contributed by atoms with Gasteiger partial charge in [0.25, 0.3) is 5.91 Å². The molecule has 0 heterocycles. The zero-order valence-electron chi connectivity index (χ0n) is 12.0. The second kappa shape index (κ2) is 6.58. The van der Waals surface area contributed by atoms with Crippen LogP contribution in [0.25, 0.3) is 0 Å². The second-order valence-corrected chi connectivity index (χ2v) is 5.79. The summed E-state index contributed by atoms with van der Waals surface area (Å²) < 4.78 is 0. The van der Waals surface area contributed by atoms with Gasteiger partial charge < -0.3 is 11.1 Å².